The summed E-state index contributed by atoms with van der Waals surface area (Å²) in [5.74, 6) is 0.106. The molecule has 2 aromatic rings. The van der Waals surface area contributed by atoms with Gasteiger partial charge < -0.3 is 9.64 Å². The molecule has 2 heterocycles. The molecule has 1 aliphatic heterocycles. The van der Waals surface area contributed by atoms with Gasteiger partial charge in [0.25, 0.3) is 5.91 Å². The molecular weight excluding hydrogens is 395 g/mol. The number of alkyl halides is 3. The molecule has 0 N–H and O–H groups in total. The molecule has 0 spiro atoms. The second-order valence-corrected chi connectivity index (χ2v) is 7.61. The van der Waals surface area contributed by atoms with Crippen LogP contribution in [0.3, 0.4) is 0 Å². The Balaban J connectivity index is 1.39. The average molecular weight is 415 g/mol. The second kappa shape index (κ2) is 7.98. The zero-order valence-electron chi connectivity index (χ0n) is 16.2. The number of amides is 1. The Bertz CT molecular complexity index is 992. The summed E-state index contributed by atoms with van der Waals surface area (Å²) in [6.45, 7) is 0.629. The van der Waals surface area contributed by atoms with Crippen LogP contribution >= 0.6 is 0 Å². The molecule has 156 valence electrons. The molecule has 1 aromatic carbocycles. The number of pyridine rings is 1. The van der Waals surface area contributed by atoms with E-state index in [1.807, 2.05) is 4.90 Å². The van der Waals surface area contributed by atoms with E-state index < -0.39 is 17.3 Å². The molecule has 1 aliphatic carbocycles. The third kappa shape index (κ3) is 3.97. The highest BCUT2D eigenvalue weighted by atomic mass is 19.4. The Kier molecular flexibility index (Phi) is 5.37. The number of benzene rings is 1. The molecule has 1 saturated carbocycles. The Morgan fingerprint density at radius 2 is 1.93 bits per heavy atom. The molecule has 1 aromatic heterocycles. The first kappa shape index (κ1) is 20.2. The lowest BCUT2D eigenvalue weighted by atomic mass is 9.90. The van der Waals surface area contributed by atoms with E-state index in [0.717, 1.165) is 37.1 Å². The van der Waals surface area contributed by atoms with Crippen molar-refractivity contribution in [2.45, 2.75) is 50.4 Å². The first-order chi connectivity index (χ1) is 14.4. The maximum absolute atomic E-state index is 13.1. The fourth-order valence-corrected chi connectivity index (χ4v) is 4.26. The summed E-state index contributed by atoms with van der Waals surface area (Å²) in [4.78, 5) is 19.0. The van der Waals surface area contributed by atoms with Crippen LogP contribution in [0.4, 0.5) is 13.2 Å². The molecule has 0 unspecified atom stereocenters. The van der Waals surface area contributed by atoms with Gasteiger partial charge in [0.1, 0.15) is 5.75 Å². The number of fused-ring (bicyclic) bond motifs is 1. The summed E-state index contributed by atoms with van der Waals surface area (Å²) in [6, 6.07) is 8.66. The highest BCUT2D eigenvalue weighted by Crippen LogP contribution is 2.35. The molecule has 1 fully saturated rings. The van der Waals surface area contributed by atoms with Crippen LogP contribution in [-0.2, 0) is 12.6 Å². The lowest BCUT2D eigenvalue weighted by Crippen LogP contribution is -2.47. The number of aromatic nitrogens is 1. The van der Waals surface area contributed by atoms with Crippen molar-refractivity contribution in [3.8, 4) is 11.8 Å². The van der Waals surface area contributed by atoms with Crippen molar-refractivity contribution < 1.29 is 22.7 Å². The van der Waals surface area contributed by atoms with E-state index in [-0.39, 0.29) is 23.8 Å². The van der Waals surface area contributed by atoms with Crippen LogP contribution in [0, 0.1) is 11.3 Å². The smallest absolute Gasteiger partial charge is 0.417 e. The van der Waals surface area contributed by atoms with Gasteiger partial charge in [0.2, 0.25) is 0 Å². The predicted octanol–water partition coefficient (Wildman–Crippen LogP) is 4.36. The number of hydrogen-bond acceptors (Lipinski definition) is 4. The Morgan fingerprint density at radius 1 is 1.17 bits per heavy atom. The largest absolute Gasteiger partial charge is 0.490 e. The number of hydrogen-bond donors (Lipinski definition) is 0. The van der Waals surface area contributed by atoms with Gasteiger partial charge in [-0.3, -0.25) is 9.78 Å². The number of nitriles is 1. The van der Waals surface area contributed by atoms with E-state index in [1.54, 1.807) is 24.4 Å². The van der Waals surface area contributed by atoms with Gasteiger partial charge in [0.05, 0.1) is 34.6 Å². The molecule has 0 atom stereocenters. The lowest BCUT2D eigenvalue weighted by Gasteiger charge is -2.39. The van der Waals surface area contributed by atoms with Crippen molar-refractivity contribution in [2.24, 2.45) is 0 Å². The predicted molar refractivity (Wildman–Crippen MR) is 102 cm³/mol. The van der Waals surface area contributed by atoms with Gasteiger partial charge in [-0.15, -0.1) is 0 Å². The number of halogens is 3. The standard InChI is InChI=1S/C22H20F3N3O2/c23-22(24,25)19-12-17(6-3-14(19)13-26)30-16-7-4-15(5-8-16)28-11-9-20-18(21(28)29)2-1-10-27-20/h1-3,6,10,12,15-16H,4-5,7-9,11H2. The van der Waals surface area contributed by atoms with Gasteiger partial charge >= 0.3 is 6.18 Å². The highest BCUT2D eigenvalue weighted by molar-refractivity contribution is 5.96. The van der Waals surface area contributed by atoms with Gasteiger partial charge in [0, 0.05) is 25.2 Å². The number of carbonyl (C=O) groups excluding carboxylic acids is 1. The van der Waals surface area contributed by atoms with E-state index in [2.05, 4.69) is 4.98 Å². The van der Waals surface area contributed by atoms with E-state index in [4.69, 9.17) is 10.00 Å². The minimum Gasteiger partial charge on any atom is -0.490 e. The molecule has 4 rings (SSSR count). The lowest BCUT2D eigenvalue weighted by molar-refractivity contribution is -0.137. The van der Waals surface area contributed by atoms with Gasteiger partial charge in [-0.25, -0.2) is 0 Å². The molecule has 0 bridgehead atoms. The van der Waals surface area contributed by atoms with Crippen molar-refractivity contribution in [3.05, 3.63) is 58.9 Å². The number of carbonyl (C=O) groups is 1. The van der Waals surface area contributed by atoms with Crippen LogP contribution in [0.2, 0.25) is 0 Å². The monoisotopic (exact) mass is 415 g/mol. The molecule has 2 aliphatic rings. The molecule has 5 nitrogen and oxygen atoms in total. The van der Waals surface area contributed by atoms with Crippen molar-refractivity contribution in [1.82, 2.24) is 9.88 Å². The normalized spacial score (nSPS) is 21.7. The summed E-state index contributed by atoms with van der Waals surface area (Å²) in [5, 5.41) is 8.90. The number of rotatable bonds is 3. The minimum absolute atomic E-state index is 0.00405. The van der Waals surface area contributed by atoms with Gasteiger partial charge in [-0.2, -0.15) is 18.4 Å². The van der Waals surface area contributed by atoms with Crippen molar-refractivity contribution in [3.63, 3.8) is 0 Å². The topological polar surface area (TPSA) is 66.2 Å². The van der Waals surface area contributed by atoms with E-state index >= 15 is 0 Å². The van der Waals surface area contributed by atoms with E-state index in [0.29, 0.717) is 24.9 Å². The summed E-state index contributed by atoms with van der Waals surface area (Å²) >= 11 is 0. The van der Waals surface area contributed by atoms with Crippen molar-refractivity contribution in [1.29, 1.82) is 5.26 Å². The molecule has 0 radical (unpaired) electrons. The fourth-order valence-electron chi connectivity index (χ4n) is 4.26. The quantitative estimate of drug-likeness (QED) is 0.747. The number of nitrogens with zero attached hydrogens (tertiary/aromatic N) is 3. The first-order valence-electron chi connectivity index (χ1n) is 9.89. The van der Waals surface area contributed by atoms with Crippen molar-refractivity contribution >= 4 is 5.91 Å². The van der Waals surface area contributed by atoms with Crippen LogP contribution in [-0.4, -0.2) is 34.5 Å². The molecule has 8 heteroatoms. The van der Waals surface area contributed by atoms with Crippen LogP contribution in [0.15, 0.2) is 36.5 Å². The molecule has 30 heavy (non-hydrogen) atoms. The van der Waals surface area contributed by atoms with Crippen LogP contribution in [0.5, 0.6) is 5.75 Å². The highest BCUT2D eigenvalue weighted by Gasteiger charge is 2.35. The van der Waals surface area contributed by atoms with E-state index in [9.17, 15) is 18.0 Å². The average Bonchev–Trinajstić information content (AvgIpc) is 2.74. The van der Waals surface area contributed by atoms with Crippen LogP contribution in [0.25, 0.3) is 0 Å². The Morgan fingerprint density at radius 3 is 2.63 bits per heavy atom. The molecule has 0 saturated heterocycles. The maximum atomic E-state index is 13.1. The Hall–Kier alpha value is -3.08. The van der Waals surface area contributed by atoms with Gasteiger partial charge in [-0.1, -0.05) is 0 Å². The summed E-state index contributed by atoms with van der Waals surface area (Å²) < 4.78 is 45.2. The number of ether oxygens (including phenoxy) is 1. The molecule has 1 amide bonds. The Labute approximate surface area is 172 Å². The third-order valence-corrected chi connectivity index (χ3v) is 5.78. The summed E-state index contributed by atoms with van der Waals surface area (Å²) in [5.41, 5.74) is 0.0794. The van der Waals surface area contributed by atoms with Crippen molar-refractivity contribution in [2.75, 3.05) is 6.54 Å². The van der Waals surface area contributed by atoms with Gasteiger partial charge in [-0.05, 0) is 56.0 Å². The minimum atomic E-state index is -4.61. The van der Waals surface area contributed by atoms with Crippen LogP contribution in [0.1, 0.15) is 52.9 Å². The first-order valence-corrected chi connectivity index (χ1v) is 9.89. The van der Waals surface area contributed by atoms with E-state index in [1.165, 1.54) is 6.07 Å². The summed E-state index contributed by atoms with van der Waals surface area (Å²) in [7, 11) is 0. The SMILES string of the molecule is N#Cc1ccc(OC2CCC(N3CCc4ncccc4C3=O)CC2)cc1C(F)(F)F. The van der Waals surface area contributed by atoms with Crippen LogP contribution < -0.4 is 4.74 Å². The fraction of sp³-hybridized carbons (Fsp3) is 0.409. The van der Waals surface area contributed by atoms with Gasteiger partial charge in [0.15, 0.2) is 0 Å². The second-order valence-electron chi connectivity index (χ2n) is 7.61. The molecular formula is C22H20F3N3O2. The third-order valence-electron chi connectivity index (χ3n) is 5.78. The zero-order chi connectivity index (χ0) is 21.3. The maximum Gasteiger partial charge on any atom is 0.417 e. The summed E-state index contributed by atoms with van der Waals surface area (Å²) in [6.07, 6.45) is 0.349. The zero-order valence-corrected chi connectivity index (χ0v) is 16.2.